The van der Waals surface area contributed by atoms with Gasteiger partial charge in [-0.05, 0) is 12.5 Å². The summed E-state index contributed by atoms with van der Waals surface area (Å²) in [4.78, 5) is 4.10. The second kappa shape index (κ2) is 4.59. The number of nitrogen functional groups attached to an aromatic ring is 1. The fourth-order valence-electron chi connectivity index (χ4n) is 2.40. The molecule has 5 heteroatoms. The van der Waals surface area contributed by atoms with Crippen LogP contribution in [0.5, 0.6) is 0 Å². The van der Waals surface area contributed by atoms with Crippen molar-refractivity contribution < 1.29 is 8.78 Å². The molecule has 0 saturated carbocycles. The zero-order valence-corrected chi connectivity index (χ0v) is 10.8. The third-order valence-corrected chi connectivity index (χ3v) is 3.43. The van der Waals surface area contributed by atoms with Crippen LogP contribution in [-0.4, -0.2) is 9.55 Å². The minimum atomic E-state index is -0.922. The molecule has 20 heavy (non-hydrogen) atoms. The van der Waals surface area contributed by atoms with Crippen molar-refractivity contribution in [3.63, 3.8) is 0 Å². The number of halogens is 2. The van der Waals surface area contributed by atoms with E-state index in [-0.39, 0.29) is 12.0 Å². The van der Waals surface area contributed by atoms with Gasteiger partial charge >= 0.3 is 0 Å². The number of hydrogen-bond acceptors (Lipinski definition) is 2. The van der Waals surface area contributed by atoms with E-state index in [1.54, 1.807) is 4.57 Å². The van der Waals surface area contributed by atoms with E-state index >= 15 is 0 Å². The molecule has 0 aliphatic rings. The monoisotopic (exact) mass is 273 g/mol. The molecule has 0 aliphatic heterocycles. The molecule has 0 spiro atoms. The smallest absolute Gasteiger partial charge is 0.201 e. The van der Waals surface area contributed by atoms with Crippen LogP contribution in [0, 0.1) is 11.6 Å². The van der Waals surface area contributed by atoms with Crippen molar-refractivity contribution in [2.24, 2.45) is 0 Å². The molecule has 0 fully saturated rings. The number of anilines is 1. The number of nitrogens with zero attached hydrogens (tertiary/aromatic N) is 2. The molecule has 3 aromatic rings. The average Bonchev–Trinajstić information content (AvgIpc) is 2.75. The summed E-state index contributed by atoms with van der Waals surface area (Å²) in [7, 11) is 0. The average molecular weight is 273 g/mol. The van der Waals surface area contributed by atoms with Gasteiger partial charge in [0.15, 0.2) is 11.6 Å². The van der Waals surface area contributed by atoms with E-state index in [1.165, 1.54) is 0 Å². The largest absolute Gasteiger partial charge is 0.369 e. The number of benzene rings is 2. The highest BCUT2D eigenvalue weighted by Gasteiger charge is 2.17. The van der Waals surface area contributed by atoms with E-state index in [1.807, 2.05) is 37.3 Å². The molecule has 1 unspecified atom stereocenters. The van der Waals surface area contributed by atoms with Crippen LogP contribution in [-0.2, 0) is 0 Å². The lowest BCUT2D eigenvalue weighted by Crippen LogP contribution is -2.10. The third kappa shape index (κ3) is 1.91. The third-order valence-electron chi connectivity index (χ3n) is 3.43. The Morgan fingerprint density at radius 1 is 1.10 bits per heavy atom. The Kier molecular flexibility index (Phi) is 2.89. The highest BCUT2D eigenvalue weighted by molar-refractivity contribution is 5.79. The minimum Gasteiger partial charge on any atom is -0.369 e. The molecule has 0 radical (unpaired) electrons. The summed E-state index contributed by atoms with van der Waals surface area (Å²) in [5, 5.41) is 0. The van der Waals surface area contributed by atoms with Crippen molar-refractivity contribution in [2.45, 2.75) is 13.0 Å². The van der Waals surface area contributed by atoms with Crippen LogP contribution in [0.2, 0.25) is 0 Å². The van der Waals surface area contributed by atoms with Crippen LogP contribution in [0.25, 0.3) is 11.0 Å². The number of imidazole rings is 1. The maximum absolute atomic E-state index is 13.4. The number of aromatic nitrogens is 2. The molecule has 102 valence electrons. The Morgan fingerprint density at radius 2 is 1.75 bits per heavy atom. The first-order chi connectivity index (χ1) is 9.58. The zero-order chi connectivity index (χ0) is 14.3. The topological polar surface area (TPSA) is 43.8 Å². The molecular formula is C15H13F2N3. The van der Waals surface area contributed by atoms with E-state index in [2.05, 4.69) is 4.98 Å². The highest BCUT2D eigenvalue weighted by atomic mass is 19.2. The van der Waals surface area contributed by atoms with Gasteiger partial charge in [-0.2, -0.15) is 0 Å². The van der Waals surface area contributed by atoms with Crippen molar-refractivity contribution >= 4 is 17.0 Å². The molecular weight excluding hydrogens is 260 g/mol. The van der Waals surface area contributed by atoms with Crippen LogP contribution in [0.1, 0.15) is 18.5 Å². The first-order valence-corrected chi connectivity index (χ1v) is 6.25. The predicted octanol–water partition coefficient (Wildman–Crippen LogP) is 3.51. The Balaban J connectivity index is 2.21. The van der Waals surface area contributed by atoms with Gasteiger partial charge < -0.3 is 10.3 Å². The maximum Gasteiger partial charge on any atom is 0.201 e. The standard InChI is InChI=1S/C15H13F2N3/c1-9(10-5-3-2-4-6-10)20-14-8-12(17)11(16)7-13(14)19-15(20)18/h2-9H,1H3,(H2,18,19). The fraction of sp³-hybridized carbons (Fsp3) is 0.133. The van der Waals surface area contributed by atoms with E-state index < -0.39 is 11.6 Å². The van der Waals surface area contributed by atoms with Crippen LogP contribution < -0.4 is 5.73 Å². The fourth-order valence-corrected chi connectivity index (χ4v) is 2.40. The van der Waals surface area contributed by atoms with Gasteiger partial charge in [-0.15, -0.1) is 0 Å². The number of rotatable bonds is 2. The number of hydrogen-bond donors (Lipinski definition) is 1. The van der Waals surface area contributed by atoms with Crippen LogP contribution in [0.3, 0.4) is 0 Å². The first kappa shape index (κ1) is 12.6. The van der Waals surface area contributed by atoms with Crippen LogP contribution in [0.4, 0.5) is 14.7 Å². The molecule has 1 aromatic heterocycles. The lowest BCUT2D eigenvalue weighted by Gasteiger charge is -2.16. The van der Waals surface area contributed by atoms with Gasteiger partial charge in [0, 0.05) is 12.1 Å². The molecule has 2 aromatic carbocycles. The van der Waals surface area contributed by atoms with E-state index in [0.29, 0.717) is 11.0 Å². The van der Waals surface area contributed by atoms with Crippen LogP contribution in [0.15, 0.2) is 42.5 Å². The number of nitrogens with two attached hydrogens (primary N) is 1. The second-order valence-electron chi connectivity index (χ2n) is 4.68. The summed E-state index contributed by atoms with van der Waals surface area (Å²) in [5.41, 5.74) is 7.75. The van der Waals surface area contributed by atoms with Gasteiger partial charge in [0.1, 0.15) is 0 Å². The first-order valence-electron chi connectivity index (χ1n) is 6.25. The summed E-state index contributed by atoms with van der Waals surface area (Å²) in [5.74, 6) is -1.59. The van der Waals surface area contributed by atoms with Gasteiger partial charge in [-0.25, -0.2) is 13.8 Å². The molecule has 1 heterocycles. The van der Waals surface area contributed by atoms with Gasteiger partial charge in [-0.3, -0.25) is 0 Å². The molecule has 0 amide bonds. The molecule has 3 rings (SSSR count). The minimum absolute atomic E-state index is 0.119. The van der Waals surface area contributed by atoms with Gasteiger partial charge in [-0.1, -0.05) is 30.3 Å². The zero-order valence-electron chi connectivity index (χ0n) is 10.8. The highest BCUT2D eigenvalue weighted by Crippen LogP contribution is 2.28. The number of fused-ring (bicyclic) bond motifs is 1. The summed E-state index contributed by atoms with van der Waals surface area (Å²) in [6.07, 6.45) is 0. The van der Waals surface area contributed by atoms with Crippen molar-refractivity contribution in [1.82, 2.24) is 9.55 Å². The summed E-state index contributed by atoms with van der Waals surface area (Å²) in [6.45, 7) is 1.94. The Hall–Kier alpha value is -2.43. The van der Waals surface area contributed by atoms with E-state index in [4.69, 9.17) is 5.73 Å². The van der Waals surface area contributed by atoms with Gasteiger partial charge in [0.25, 0.3) is 0 Å². The van der Waals surface area contributed by atoms with Crippen LogP contribution >= 0.6 is 0 Å². The van der Waals surface area contributed by atoms with Crippen molar-refractivity contribution in [3.05, 3.63) is 59.7 Å². The van der Waals surface area contributed by atoms with E-state index in [9.17, 15) is 8.78 Å². The molecule has 2 N–H and O–H groups in total. The summed E-state index contributed by atoms with van der Waals surface area (Å²) < 4.78 is 28.4. The van der Waals surface area contributed by atoms with Gasteiger partial charge in [0.2, 0.25) is 5.95 Å². The molecule has 0 bridgehead atoms. The Labute approximate surface area is 114 Å². The SMILES string of the molecule is CC(c1ccccc1)n1c(N)nc2cc(F)c(F)cc21. The normalized spacial score (nSPS) is 12.8. The maximum atomic E-state index is 13.4. The van der Waals surface area contributed by atoms with Crippen molar-refractivity contribution in [1.29, 1.82) is 0 Å². The Morgan fingerprint density at radius 3 is 2.45 bits per heavy atom. The molecule has 3 nitrogen and oxygen atoms in total. The lowest BCUT2D eigenvalue weighted by molar-refractivity contribution is 0.510. The molecule has 0 aliphatic carbocycles. The lowest BCUT2D eigenvalue weighted by atomic mass is 10.1. The second-order valence-corrected chi connectivity index (χ2v) is 4.68. The predicted molar refractivity (Wildman–Crippen MR) is 74.3 cm³/mol. The molecule has 0 saturated heterocycles. The summed E-state index contributed by atoms with van der Waals surface area (Å²) >= 11 is 0. The Bertz CT molecular complexity index is 766. The van der Waals surface area contributed by atoms with Crippen molar-refractivity contribution in [2.75, 3.05) is 5.73 Å². The van der Waals surface area contributed by atoms with Crippen molar-refractivity contribution in [3.8, 4) is 0 Å². The molecule has 1 atom stereocenters. The quantitative estimate of drug-likeness (QED) is 0.776. The summed E-state index contributed by atoms with van der Waals surface area (Å²) in [6, 6.07) is 11.7. The van der Waals surface area contributed by atoms with Gasteiger partial charge in [0.05, 0.1) is 17.1 Å². The van der Waals surface area contributed by atoms with E-state index in [0.717, 1.165) is 17.7 Å².